The van der Waals surface area contributed by atoms with Crippen LogP contribution >= 0.6 is 11.6 Å². The molecule has 0 unspecified atom stereocenters. The number of benzene rings is 1. The standard InChI is InChI=1S/C24H26ClF2N5O4/c1-24(2,34)22-30-19-15(27)3-10(4-17(19)32(22)12-5-11(26)6-12)18-14(25)8-28-23(31-18)29-16-7-13-9-35-21(36-13)20(16)33/h3-4,8,11-13,16,20-21,33-34H,5-7,9H2,1-2H3,(H,28,29,31)/t11?,12?,13-,16+,20-,21+/m0/s1. The van der Waals surface area contributed by atoms with Gasteiger partial charge < -0.3 is 29.6 Å². The van der Waals surface area contributed by atoms with Gasteiger partial charge in [0.05, 0.1) is 41.2 Å². The molecule has 4 atom stereocenters. The number of alkyl halides is 1. The van der Waals surface area contributed by atoms with Crippen molar-refractivity contribution in [2.24, 2.45) is 0 Å². The summed E-state index contributed by atoms with van der Waals surface area (Å²) in [7, 11) is 0. The zero-order valence-electron chi connectivity index (χ0n) is 19.7. The van der Waals surface area contributed by atoms with Crippen LogP contribution in [-0.2, 0) is 15.1 Å². The molecule has 3 fully saturated rings. The van der Waals surface area contributed by atoms with Crippen molar-refractivity contribution in [3.05, 3.63) is 35.0 Å². The highest BCUT2D eigenvalue weighted by Gasteiger charge is 2.43. The number of hydrogen-bond acceptors (Lipinski definition) is 8. The molecule has 3 aromatic rings. The molecule has 2 aliphatic heterocycles. The molecule has 3 N–H and O–H groups in total. The van der Waals surface area contributed by atoms with Crippen molar-refractivity contribution < 1.29 is 28.5 Å². The summed E-state index contributed by atoms with van der Waals surface area (Å²) in [6.45, 7) is 3.54. The van der Waals surface area contributed by atoms with E-state index in [1.54, 1.807) is 24.5 Å². The molecule has 192 valence electrons. The number of aliphatic hydroxyl groups is 2. The molecule has 3 aliphatic rings. The van der Waals surface area contributed by atoms with Crippen molar-refractivity contribution >= 4 is 28.6 Å². The maximum Gasteiger partial charge on any atom is 0.223 e. The van der Waals surface area contributed by atoms with Crippen molar-refractivity contribution in [3.8, 4) is 11.3 Å². The van der Waals surface area contributed by atoms with Crippen LogP contribution < -0.4 is 5.32 Å². The predicted octanol–water partition coefficient (Wildman–Crippen LogP) is 3.47. The third-order valence-corrected chi connectivity index (χ3v) is 7.31. The van der Waals surface area contributed by atoms with Crippen molar-refractivity contribution in [2.45, 2.75) is 75.5 Å². The Labute approximate surface area is 210 Å². The summed E-state index contributed by atoms with van der Waals surface area (Å²) < 4.78 is 41.8. The van der Waals surface area contributed by atoms with Gasteiger partial charge in [-0.25, -0.2) is 23.7 Å². The Kier molecular flexibility index (Phi) is 5.69. The maximum absolute atomic E-state index is 15.3. The Morgan fingerprint density at radius 2 is 2.00 bits per heavy atom. The van der Waals surface area contributed by atoms with Gasteiger partial charge in [0.1, 0.15) is 29.2 Å². The van der Waals surface area contributed by atoms with E-state index in [0.717, 1.165) is 0 Å². The number of hydrogen-bond donors (Lipinski definition) is 3. The molecule has 1 aliphatic carbocycles. The van der Waals surface area contributed by atoms with Crippen molar-refractivity contribution in [2.75, 3.05) is 11.9 Å². The first-order chi connectivity index (χ1) is 17.1. The number of aliphatic hydroxyl groups excluding tert-OH is 1. The maximum atomic E-state index is 15.3. The lowest BCUT2D eigenvalue weighted by molar-refractivity contribution is -0.156. The number of imidazole rings is 1. The first-order valence-corrected chi connectivity index (χ1v) is 12.3. The fourth-order valence-corrected chi connectivity index (χ4v) is 5.36. The minimum atomic E-state index is -1.36. The molecule has 4 heterocycles. The van der Waals surface area contributed by atoms with E-state index >= 15 is 4.39 Å². The molecular weight excluding hydrogens is 496 g/mol. The van der Waals surface area contributed by atoms with Crippen molar-refractivity contribution in [1.82, 2.24) is 19.5 Å². The number of nitrogens with zero attached hydrogens (tertiary/aromatic N) is 4. The zero-order valence-corrected chi connectivity index (χ0v) is 20.4. The second kappa shape index (κ2) is 8.56. The monoisotopic (exact) mass is 521 g/mol. The van der Waals surface area contributed by atoms with Crippen molar-refractivity contribution in [1.29, 1.82) is 0 Å². The minimum absolute atomic E-state index is 0.0857. The number of aromatic nitrogens is 4. The lowest BCUT2D eigenvalue weighted by atomic mass is 9.89. The minimum Gasteiger partial charge on any atom is -0.386 e. The van der Waals surface area contributed by atoms with Gasteiger partial charge in [0.15, 0.2) is 12.1 Å². The molecule has 36 heavy (non-hydrogen) atoms. The van der Waals surface area contributed by atoms with Crippen LogP contribution in [0.4, 0.5) is 14.7 Å². The van der Waals surface area contributed by atoms with E-state index in [1.807, 2.05) is 0 Å². The van der Waals surface area contributed by atoms with Crippen LogP contribution in [0, 0.1) is 5.82 Å². The molecule has 2 saturated heterocycles. The number of rotatable bonds is 5. The van der Waals surface area contributed by atoms with Gasteiger partial charge in [-0.2, -0.15) is 0 Å². The van der Waals surface area contributed by atoms with E-state index in [2.05, 4.69) is 20.3 Å². The molecule has 2 bridgehead atoms. The van der Waals surface area contributed by atoms with Gasteiger partial charge in [-0.1, -0.05) is 11.6 Å². The highest BCUT2D eigenvalue weighted by molar-refractivity contribution is 6.33. The number of anilines is 1. The summed E-state index contributed by atoms with van der Waals surface area (Å²) in [4.78, 5) is 13.1. The predicted molar refractivity (Wildman–Crippen MR) is 127 cm³/mol. The first kappa shape index (κ1) is 23.9. The third kappa shape index (κ3) is 4.03. The Morgan fingerprint density at radius 1 is 1.22 bits per heavy atom. The van der Waals surface area contributed by atoms with Gasteiger partial charge in [-0.3, -0.25) is 0 Å². The van der Waals surface area contributed by atoms with E-state index in [-0.39, 0.29) is 53.0 Å². The van der Waals surface area contributed by atoms with Crippen LogP contribution in [-0.4, -0.2) is 67.1 Å². The van der Waals surface area contributed by atoms with Gasteiger partial charge >= 0.3 is 0 Å². The topological polar surface area (TPSA) is 115 Å². The molecule has 2 aromatic heterocycles. The SMILES string of the molecule is CC(C)(O)c1nc2c(F)cc(-c3nc(N[C@@H]4C[C@H]5CO[C@H](O5)[C@H]4O)ncc3Cl)cc2n1C1CC(F)C1. The van der Waals surface area contributed by atoms with E-state index < -0.39 is 36.0 Å². The quantitative estimate of drug-likeness (QED) is 0.467. The Hall–Kier alpha value is -2.44. The molecule has 0 radical (unpaired) electrons. The zero-order chi connectivity index (χ0) is 25.4. The summed E-state index contributed by atoms with van der Waals surface area (Å²) in [5.41, 5.74) is -0.180. The molecule has 9 nitrogen and oxygen atoms in total. The molecule has 12 heteroatoms. The number of fused-ring (bicyclic) bond motifs is 3. The fourth-order valence-electron chi connectivity index (χ4n) is 5.16. The third-order valence-electron chi connectivity index (χ3n) is 7.03. The average molecular weight is 522 g/mol. The van der Waals surface area contributed by atoms with Gasteiger partial charge in [0, 0.05) is 11.6 Å². The molecule has 1 aromatic carbocycles. The van der Waals surface area contributed by atoms with E-state index in [1.165, 1.54) is 12.3 Å². The van der Waals surface area contributed by atoms with Crippen LogP contribution in [0.25, 0.3) is 22.3 Å². The van der Waals surface area contributed by atoms with Crippen LogP contribution in [0.15, 0.2) is 18.3 Å². The average Bonchev–Trinajstić information content (AvgIpc) is 3.39. The first-order valence-electron chi connectivity index (χ1n) is 11.9. The van der Waals surface area contributed by atoms with Gasteiger partial charge in [-0.05, 0) is 45.2 Å². The number of halogens is 3. The summed E-state index contributed by atoms with van der Waals surface area (Å²) in [6.07, 6.45) is -0.230. The molecule has 6 rings (SSSR count). The second-order valence-electron chi connectivity index (χ2n) is 10.2. The molecule has 0 amide bonds. The molecule has 0 spiro atoms. The number of ether oxygens (including phenoxy) is 2. The van der Waals surface area contributed by atoms with E-state index in [0.29, 0.717) is 24.1 Å². The lowest BCUT2D eigenvalue weighted by Crippen LogP contribution is -2.48. The molecular formula is C24H26ClF2N5O4. The Balaban J connectivity index is 1.40. The highest BCUT2D eigenvalue weighted by atomic mass is 35.5. The normalized spacial score (nSPS) is 30.0. The van der Waals surface area contributed by atoms with Gasteiger partial charge in [0.25, 0.3) is 0 Å². The van der Waals surface area contributed by atoms with Gasteiger partial charge in [-0.15, -0.1) is 0 Å². The summed E-state index contributed by atoms with van der Waals surface area (Å²) in [5, 5.41) is 24.5. The van der Waals surface area contributed by atoms with Crippen LogP contribution in [0.5, 0.6) is 0 Å². The van der Waals surface area contributed by atoms with Crippen LogP contribution in [0.3, 0.4) is 0 Å². The summed E-state index contributed by atoms with van der Waals surface area (Å²) in [6, 6.07) is 2.34. The van der Waals surface area contributed by atoms with Crippen LogP contribution in [0.2, 0.25) is 5.02 Å². The summed E-state index contributed by atoms with van der Waals surface area (Å²) >= 11 is 6.42. The Bertz CT molecular complexity index is 1330. The summed E-state index contributed by atoms with van der Waals surface area (Å²) in [5.74, 6) is -0.127. The van der Waals surface area contributed by atoms with E-state index in [4.69, 9.17) is 21.1 Å². The Morgan fingerprint density at radius 3 is 2.72 bits per heavy atom. The molecule has 1 saturated carbocycles. The fraction of sp³-hybridized carbons (Fsp3) is 0.542. The smallest absolute Gasteiger partial charge is 0.223 e. The highest BCUT2D eigenvalue weighted by Crippen LogP contribution is 2.41. The number of nitrogens with one attached hydrogen (secondary N) is 1. The van der Waals surface area contributed by atoms with E-state index in [9.17, 15) is 14.6 Å². The van der Waals surface area contributed by atoms with Crippen molar-refractivity contribution in [3.63, 3.8) is 0 Å². The second-order valence-corrected chi connectivity index (χ2v) is 10.6. The van der Waals surface area contributed by atoms with Crippen LogP contribution in [0.1, 0.15) is 45.0 Å². The largest absolute Gasteiger partial charge is 0.386 e. The lowest BCUT2D eigenvalue weighted by Gasteiger charge is -2.34. The van der Waals surface area contributed by atoms with Gasteiger partial charge in [0.2, 0.25) is 5.95 Å².